The third-order valence-corrected chi connectivity index (χ3v) is 6.83. The van der Waals surface area contributed by atoms with Gasteiger partial charge in [0, 0.05) is 6.54 Å². The van der Waals surface area contributed by atoms with Crippen molar-refractivity contribution in [2.24, 2.45) is 0 Å². The second kappa shape index (κ2) is 9.53. The smallest absolute Gasteiger partial charge is 0.208 e. The molecule has 1 aliphatic carbocycles. The van der Waals surface area contributed by atoms with E-state index >= 15 is 0 Å². The number of hydrogen-bond donors (Lipinski definition) is 2. The predicted molar refractivity (Wildman–Crippen MR) is 133 cm³/mol. The third-order valence-electron chi connectivity index (χ3n) is 6.14. The van der Waals surface area contributed by atoms with Crippen LogP contribution < -0.4 is 21.0 Å². The lowest BCUT2D eigenvalue weighted by Gasteiger charge is -2.20. The van der Waals surface area contributed by atoms with Crippen LogP contribution in [0.25, 0.3) is 12.2 Å². The first kappa shape index (κ1) is 23.3. The molecule has 0 fully saturated rings. The second-order valence-electron chi connectivity index (χ2n) is 8.99. The summed E-state index contributed by atoms with van der Waals surface area (Å²) in [4.78, 5) is 0. The highest BCUT2D eigenvalue weighted by Gasteiger charge is 2.20. The lowest BCUT2D eigenvalue weighted by molar-refractivity contribution is 0.449. The van der Waals surface area contributed by atoms with Gasteiger partial charge in [-0.05, 0) is 44.2 Å². The summed E-state index contributed by atoms with van der Waals surface area (Å²) in [5.41, 5.74) is 5.04. The number of sulfonamides is 1. The van der Waals surface area contributed by atoms with Crippen molar-refractivity contribution in [2.45, 2.75) is 45.7 Å². The van der Waals surface area contributed by atoms with E-state index in [-0.39, 0.29) is 12.6 Å². The fraction of sp³-hybridized carbons (Fsp3) is 0.346. The topological polar surface area (TPSA) is 79.9 Å². The van der Waals surface area contributed by atoms with Gasteiger partial charge in [-0.1, -0.05) is 71.8 Å². The Morgan fingerprint density at radius 3 is 2.03 bits per heavy atom. The van der Waals surface area contributed by atoms with Crippen LogP contribution in [-0.4, -0.2) is 30.4 Å². The number of benzene rings is 2. The maximum absolute atomic E-state index is 11.9. The van der Waals surface area contributed by atoms with Crippen LogP contribution in [0, 0.1) is 19.3 Å². The van der Waals surface area contributed by atoms with Gasteiger partial charge >= 0.3 is 0 Å². The number of aryl methyl sites for hydroxylation is 2. The van der Waals surface area contributed by atoms with E-state index in [0.717, 1.165) is 34.7 Å². The molecular weight excluding hydrogens is 432 g/mol. The van der Waals surface area contributed by atoms with Crippen molar-refractivity contribution in [1.29, 1.82) is 5.41 Å². The normalized spacial score (nSPS) is 14.3. The average Bonchev–Trinajstić information content (AvgIpc) is 3.05. The number of fused-ring (bicyclic) bond motifs is 1. The summed E-state index contributed by atoms with van der Waals surface area (Å²) in [7, 11) is -3.36. The summed E-state index contributed by atoms with van der Waals surface area (Å²) in [6.45, 7) is 4.96. The highest BCUT2D eigenvalue weighted by Crippen LogP contribution is 2.13. The second-order valence-corrected chi connectivity index (χ2v) is 10.8. The van der Waals surface area contributed by atoms with Crippen molar-refractivity contribution in [2.75, 3.05) is 12.8 Å². The van der Waals surface area contributed by atoms with Gasteiger partial charge in [-0.15, -0.1) is 0 Å². The van der Waals surface area contributed by atoms with E-state index in [1.165, 1.54) is 17.4 Å². The molecule has 1 atom stereocenters. The number of hydrogen-bond acceptors (Lipinski definition) is 3. The summed E-state index contributed by atoms with van der Waals surface area (Å²) in [6, 6.07) is 16.5. The lowest BCUT2D eigenvalue weighted by atomic mass is 10.0. The third kappa shape index (κ3) is 5.54. The lowest BCUT2D eigenvalue weighted by Crippen LogP contribution is -2.41. The molecule has 1 unspecified atom stereocenters. The number of rotatable bonds is 8. The predicted octanol–water partition coefficient (Wildman–Crippen LogP) is 2.12. The Morgan fingerprint density at radius 2 is 1.45 bits per heavy atom. The maximum Gasteiger partial charge on any atom is 0.208 e. The average molecular weight is 465 g/mol. The number of imidazole rings is 1. The zero-order valence-electron chi connectivity index (χ0n) is 19.5. The van der Waals surface area contributed by atoms with E-state index in [1.807, 2.05) is 9.13 Å². The van der Waals surface area contributed by atoms with Crippen LogP contribution >= 0.6 is 0 Å². The summed E-state index contributed by atoms with van der Waals surface area (Å²) in [6.07, 6.45) is 8.05. The van der Waals surface area contributed by atoms with Crippen LogP contribution in [0.4, 0.5) is 0 Å². The fourth-order valence-electron chi connectivity index (χ4n) is 4.38. The Labute approximate surface area is 195 Å². The quantitative estimate of drug-likeness (QED) is 0.536. The Morgan fingerprint density at radius 1 is 0.909 bits per heavy atom. The maximum atomic E-state index is 11.9. The molecule has 174 valence electrons. The molecule has 2 aromatic carbocycles. The van der Waals surface area contributed by atoms with E-state index in [9.17, 15) is 8.42 Å². The highest BCUT2D eigenvalue weighted by atomic mass is 32.2. The van der Waals surface area contributed by atoms with Gasteiger partial charge in [-0.3, -0.25) is 5.41 Å². The van der Waals surface area contributed by atoms with Crippen molar-refractivity contribution in [3.05, 3.63) is 87.1 Å². The molecule has 0 saturated carbocycles. The van der Waals surface area contributed by atoms with Crippen LogP contribution in [0.15, 0.2) is 48.5 Å². The largest absolute Gasteiger partial charge is 0.306 e. The van der Waals surface area contributed by atoms with Gasteiger partial charge in [0.15, 0.2) is 0 Å². The van der Waals surface area contributed by atoms with Gasteiger partial charge in [0.2, 0.25) is 15.6 Å². The number of nitrogens with zero attached hydrogens (tertiary/aromatic N) is 2. The molecule has 33 heavy (non-hydrogen) atoms. The first-order valence-electron chi connectivity index (χ1n) is 11.3. The first-order valence-corrected chi connectivity index (χ1v) is 13.2. The molecule has 7 heteroatoms. The van der Waals surface area contributed by atoms with Crippen molar-refractivity contribution in [3.63, 3.8) is 0 Å². The standard InChI is InChI=1S/C26H32N4O2S/c1-19-8-12-21(13-9-19)16-23(17-28-33(3,31)32)30-25-7-5-4-6-24(25)29(26(30)27)18-22-14-10-20(2)11-15-22/h6-15,23,27-28H,4-5,16-18H2,1-3H3. The Kier molecular flexibility index (Phi) is 6.72. The molecule has 1 aromatic heterocycles. The molecule has 1 heterocycles. The Balaban J connectivity index is 1.80. The SMILES string of the molecule is Cc1ccc(CC(CNS(C)(=O)=O)n2c3c(n(Cc4ccc(C)cc4)c2=N)=CCCC=3)cc1. The van der Waals surface area contributed by atoms with E-state index < -0.39 is 10.0 Å². The van der Waals surface area contributed by atoms with E-state index in [1.54, 1.807) is 0 Å². The molecule has 3 aromatic rings. The Bertz CT molecular complexity index is 1410. The number of aromatic nitrogens is 2. The summed E-state index contributed by atoms with van der Waals surface area (Å²) < 4.78 is 30.6. The van der Waals surface area contributed by atoms with Crippen molar-refractivity contribution < 1.29 is 8.42 Å². The fourth-order valence-corrected chi connectivity index (χ4v) is 4.88. The molecular formula is C26H32N4O2S. The van der Waals surface area contributed by atoms with E-state index in [2.05, 4.69) is 79.3 Å². The van der Waals surface area contributed by atoms with Gasteiger partial charge in [-0.2, -0.15) is 0 Å². The zero-order valence-corrected chi connectivity index (χ0v) is 20.3. The van der Waals surface area contributed by atoms with E-state index in [4.69, 9.17) is 5.41 Å². The summed E-state index contributed by atoms with van der Waals surface area (Å²) in [5.74, 6) is 0. The molecule has 0 aliphatic heterocycles. The Hall–Kier alpha value is -2.90. The van der Waals surface area contributed by atoms with Crippen LogP contribution in [0.3, 0.4) is 0 Å². The molecule has 0 spiro atoms. The molecule has 0 saturated heterocycles. The highest BCUT2D eigenvalue weighted by molar-refractivity contribution is 7.88. The molecule has 2 N–H and O–H groups in total. The molecule has 4 rings (SSSR count). The van der Waals surface area contributed by atoms with Crippen LogP contribution in [0.5, 0.6) is 0 Å². The summed E-state index contributed by atoms with van der Waals surface area (Å²) in [5, 5.41) is 11.2. The zero-order chi connectivity index (χ0) is 23.6. The first-order chi connectivity index (χ1) is 15.7. The molecule has 1 aliphatic rings. The van der Waals surface area contributed by atoms with Crippen LogP contribution in [-0.2, 0) is 23.0 Å². The van der Waals surface area contributed by atoms with E-state index in [0.29, 0.717) is 18.6 Å². The number of nitrogens with one attached hydrogen (secondary N) is 2. The minimum absolute atomic E-state index is 0.217. The van der Waals surface area contributed by atoms with Crippen LogP contribution in [0.1, 0.15) is 41.1 Å². The molecule has 0 radical (unpaired) electrons. The van der Waals surface area contributed by atoms with Crippen molar-refractivity contribution in [1.82, 2.24) is 13.9 Å². The summed E-state index contributed by atoms with van der Waals surface area (Å²) >= 11 is 0. The molecule has 0 bridgehead atoms. The molecule has 0 amide bonds. The minimum Gasteiger partial charge on any atom is -0.306 e. The van der Waals surface area contributed by atoms with Gasteiger partial charge in [0.25, 0.3) is 0 Å². The van der Waals surface area contributed by atoms with Crippen molar-refractivity contribution in [3.8, 4) is 0 Å². The van der Waals surface area contributed by atoms with Crippen LogP contribution in [0.2, 0.25) is 0 Å². The van der Waals surface area contributed by atoms with Gasteiger partial charge in [0.05, 0.1) is 29.5 Å². The van der Waals surface area contributed by atoms with Gasteiger partial charge in [0.1, 0.15) is 0 Å². The van der Waals surface area contributed by atoms with Gasteiger partial charge < -0.3 is 9.13 Å². The minimum atomic E-state index is -3.36. The van der Waals surface area contributed by atoms with Gasteiger partial charge in [-0.25, -0.2) is 13.1 Å². The molecule has 6 nitrogen and oxygen atoms in total. The monoisotopic (exact) mass is 464 g/mol. The van der Waals surface area contributed by atoms with Crippen molar-refractivity contribution >= 4 is 22.2 Å².